The third-order valence-electron chi connectivity index (χ3n) is 3.53. The van der Waals surface area contributed by atoms with Crippen LogP contribution in [0.5, 0.6) is 0 Å². The van der Waals surface area contributed by atoms with Gasteiger partial charge in [-0.1, -0.05) is 24.3 Å². The Morgan fingerprint density at radius 1 is 1.30 bits per heavy atom. The molecule has 1 amide bonds. The van der Waals surface area contributed by atoms with Crippen LogP contribution in [-0.4, -0.2) is 11.9 Å². The quantitative estimate of drug-likeness (QED) is 0.880. The third kappa shape index (κ3) is 2.37. The number of amides is 1. The van der Waals surface area contributed by atoms with E-state index in [-0.39, 0.29) is 17.8 Å². The highest BCUT2D eigenvalue weighted by atomic mass is 19.1. The first-order valence-corrected chi connectivity index (χ1v) is 6.55. The lowest BCUT2D eigenvalue weighted by atomic mass is 10.1. The van der Waals surface area contributed by atoms with Crippen LogP contribution < -0.4 is 10.6 Å². The van der Waals surface area contributed by atoms with Crippen LogP contribution in [0.2, 0.25) is 0 Å². The van der Waals surface area contributed by atoms with Gasteiger partial charge in [-0.2, -0.15) is 0 Å². The van der Waals surface area contributed by atoms with Gasteiger partial charge in [0.1, 0.15) is 11.9 Å². The molecule has 1 aliphatic heterocycles. The van der Waals surface area contributed by atoms with Crippen molar-refractivity contribution in [2.24, 2.45) is 0 Å². The van der Waals surface area contributed by atoms with Crippen LogP contribution in [0.15, 0.2) is 42.5 Å². The van der Waals surface area contributed by atoms with Crippen molar-refractivity contribution in [2.75, 3.05) is 10.6 Å². The van der Waals surface area contributed by atoms with Gasteiger partial charge in [-0.05, 0) is 36.2 Å². The second kappa shape index (κ2) is 4.96. The lowest BCUT2D eigenvalue weighted by Gasteiger charge is -2.12. The second-order valence-electron chi connectivity index (χ2n) is 5.01. The van der Waals surface area contributed by atoms with Crippen molar-refractivity contribution in [1.82, 2.24) is 0 Å². The number of para-hydroxylation sites is 1. The van der Waals surface area contributed by atoms with Gasteiger partial charge in [0, 0.05) is 17.8 Å². The lowest BCUT2D eigenvalue weighted by Crippen LogP contribution is -2.32. The molecule has 2 aromatic rings. The maximum Gasteiger partial charge on any atom is 0.247 e. The Bertz CT molecular complexity index is 644. The van der Waals surface area contributed by atoms with E-state index in [1.54, 1.807) is 19.1 Å². The van der Waals surface area contributed by atoms with Gasteiger partial charge < -0.3 is 10.6 Å². The molecule has 20 heavy (non-hydrogen) atoms. The standard InChI is InChI=1S/C16H15FN2O/c1-10-6-7-12(9-13(10)17)18-16(20)15-8-11-4-2-3-5-14(11)19-15/h2-7,9,15,19H,8H2,1H3,(H,18,20). The summed E-state index contributed by atoms with van der Waals surface area (Å²) in [5.41, 5.74) is 3.16. The number of hydrogen-bond donors (Lipinski definition) is 2. The number of halogens is 1. The summed E-state index contributed by atoms with van der Waals surface area (Å²) >= 11 is 0. The molecule has 3 rings (SSSR count). The van der Waals surface area contributed by atoms with Crippen molar-refractivity contribution in [2.45, 2.75) is 19.4 Å². The molecule has 1 heterocycles. The van der Waals surface area contributed by atoms with E-state index in [9.17, 15) is 9.18 Å². The molecular formula is C16H15FN2O. The topological polar surface area (TPSA) is 41.1 Å². The summed E-state index contributed by atoms with van der Waals surface area (Å²) in [4.78, 5) is 12.2. The molecule has 0 aliphatic carbocycles. The van der Waals surface area contributed by atoms with E-state index in [1.165, 1.54) is 6.07 Å². The molecule has 102 valence electrons. The van der Waals surface area contributed by atoms with E-state index in [4.69, 9.17) is 0 Å². The number of hydrogen-bond acceptors (Lipinski definition) is 2. The third-order valence-corrected chi connectivity index (χ3v) is 3.53. The van der Waals surface area contributed by atoms with Crippen LogP contribution in [0.1, 0.15) is 11.1 Å². The Morgan fingerprint density at radius 3 is 2.85 bits per heavy atom. The number of anilines is 2. The minimum atomic E-state index is -0.314. The van der Waals surface area contributed by atoms with Crippen molar-refractivity contribution in [3.8, 4) is 0 Å². The van der Waals surface area contributed by atoms with Crippen molar-refractivity contribution >= 4 is 17.3 Å². The second-order valence-corrected chi connectivity index (χ2v) is 5.01. The van der Waals surface area contributed by atoms with E-state index in [0.29, 0.717) is 17.7 Å². The van der Waals surface area contributed by atoms with Gasteiger partial charge in [0.15, 0.2) is 0 Å². The number of aryl methyl sites for hydroxylation is 1. The Labute approximate surface area is 116 Å². The van der Waals surface area contributed by atoms with E-state index in [0.717, 1.165) is 11.3 Å². The van der Waals surface area contributed by atoms with Gasteiger partial charge in [0.25, 0.3) is 0 Å². The molecule has 3 nitrogen and oxygen atoms in total. The van der Waals surface area contributed by atoms with E-state index in [1.807, 2.05) is 24.3 Å². The number of carbonyl (C=O) groups is 1. The molecule has 1 aliphatic rings. The zero-order valence-corrected chi connectivity index (χ0v) is 11.1. The van der Waals surface area contributed by atoms with Crippen molar-refractivity contribution in [1.29, 1.82) is 0 Å². The number of nitrogens with one attached hydrogen (secondary N) is 2. The fourth-order valence-electron chi connectivity index (χ4n) is 2.36. The average molecular weight is 270 g/mol. The molecule has 0 spiro atoms. The van der Waals surface area contributed by atoms with Crippen molar-refractivity contribution in [3.05, 3.63) is 59.4 Å². The summed E-state index contributed by atoms with van der Waals surface area (Å²) in [6, 6.07) is 12.2. The van der Waals surface area contributed by atoms with Crippen LogP contribution in [0.25, 0.3) is 0 Å². The highest BCUT2D eigenvalue weighted by Gasteiger charge is 2.26. The highest BCUT2D eigenvalue weighted by molar-refractivity contribution is 5.98. The van der Waals surface area contributed by atoms with Gasteiger partial charge in [0.05, 0.1) is 0 Å². The number of fused-ring (bicyclic) bond motifs is 1. The fourth-order valence-corrected chi connectivity index (χ4v) is 2.36. The average Bonchev–Trinajstić information content (AvgIpc) is 2.87. The molecule has 1 unspecified atom stereocenters. The Hall–Kier alpha value is -2.36. The molecule has 0 fully saturated rings. The SMILES string of the molecule is Cc1ccc(NC(=O)C2Cc3ccccc3N2)cc1F. The summed E-state index contributed by atoms with van der Waals surface area (Å²) in [6.07, 6.45) is 0.649. The van der Waals surface area contributed by atoms with Crippen LogP contribution in [0.4, 0.5) is 15.8 Å². The van der Waals surface area contributed by atoms with E-state index >= 15 is 0 Å². The molecular weight excluding hydrogens is 255 g/mol. The smallest absolute Gasteiger partial charge is 0.247 e. The first kappa shape index (κ1) is 12.7. The van der Waals surface area contributed by atoms with Crippen LogP contribution in [-0.2, 0) is 11.2 Å². The van der Waals surface area contributed by atoms with Gasteiger partial charge >= 0.3 is 0 Å². The van der Waals surface area contributed by atoms with Gasteiger partial charge in [-0.3, -0.25) is 4.79 Å². The first-order valence-electron chi connectivity index (χ1n) is 6.55. The molecule has 0 saturated carbocycles. The zero-order chi connectivity index (χ0) is 14.1. The van der Waals surface area contributed by atoms with Crippen LogP contribution in [0.3, 0.4) is 0 Å². The summed E-state index contributed by atoms with van der Waals surface area (Å²) < 4.78 is 13.5. The van der Waals surface area contributed by atoms with Gasteiger partial charge in [-0.25, -0.2) is 4.39 Å². The Morgan fingerprint density at radius 2 is 2.10 bits per heavy atom. The Balaban J connectivity index is 1.71. The summed E-state index contributed by atoms with van der Waals surface area (Å²) in [5, 5.41) is 5.92. The predicted molar refractivity (Wildman–Crippen MR) is 77.3 cm³/mol. The molecule has 0 aromatic heterocycles. The summed E-state index contributed by atoms with van der Waals surface area (Å²) in [5.74, 6) is -0.463. The lowest BCUT2D eigenvalue weighted by molar-refractivity contribution is -0.116. The van der Waals surface area contributed by atoms with Gasteiger partial charge in [0.2, 0.25) is 5.91 Å². The largest absolute Gasteiger partial charge is 0.373 e. The minimum Gasteiger partial charge on any atom is -0.373 e. The number of carbonyl (C=O) groups excluding carboxylic acids is 1. The predicted octanol–water partition coefficient (Wildman–Crippen LogP) is 3.11. The molecule has 0 bridgehead atoms. The zero-order valence-electron chi connectivity index (χ0n) is 11.1. The van der Waals surface area contributed by atoms with E-state index in [2.05, 4.69) is 10.6 Å². The number of rotatable bonds is 2. The van der Waals surface area contributed by atoms with E-state index < -0.39 is 0 Å². The maximum atomic E-state index is 13.5. The van der Waals surface area contributed by atoms with Crippen LogP contribution in [0, 0.1) is 12.7 Å². The molecule has 0 saturated heterocycles. The number of benzene rings is 2. The molecule has 0 radical (unpaired) electrons. The molecule has 2 N–H and O–H groups in total. The molecule has 2 aromatic carbocycles. The van der Waals surface area contributed by atoms with Gasteiger partial charge in [-0.15, -0.1) is 0 Å². The molecule has 4 heteroatoms. The highest BCUT2D eigenvalue weighted by Crippen LogP contribution is 2.25. The Kier molecular flexibility index (Phi) is 3.14. The van der Waals surface area contributed by atoms with Crippen molar-refractivity contribution < 1.29 is 9.18 Å². The monoisotopic (exact) mass is 270 g/mol. The summed E-state index contributed by atoms with van der Waals surface area (Å²) in [7, 11) is 0. The first-order chi connectivity index (χ1) is 9.63. The maximum absolute atomic E-state index is 13.5. The minimum absolute atomic E-state index is 0.149. The summed E-state index contributed by atoms with van der Waals surface area (Å²) in [6.45, 7) is 1.69. The normalized spacial score (nSPS) is 16.4. The molecule has 1 atom stereocenters. The van der Waals surface area contributed by atoms with Crippen molar-refractivity contribution in [3.63, 3.8) is 0 Å². The fraction of sp³-hybridized carbons (Fsp3) is 0.188. The van der Waals surface area contributed by atoms with Crippen LogP contribution >= 0.6 is 0 Å².